The maximum absolute atomic E-state index is 5.73. The predicted molar refractivity (Wildman–Crippen MR) is 83.9 cm³/mol. The van der Waals surface area contributed by atoms with E-state index in [2.05, 4.69) is 33.3 Å². The van der Waals surface area contributed by atoms with Crippen LogP contribution in [0.25, 0.3) is 0 Å². The highest BCUT2D eigenvalue weighted by Crippen LogP contribution is 2.17. The van der Waals surface area contributed by atoms with Gasteiger partial charge >= 0.3 is 0 Å². The Balaban J connectivity index is 1.80. The Bertz CT molecular complexity index is 527. The fourth-order valence-electron chi connectivity index (χ4n) is 1.91. The second-order valence-electron chi connectivity index (χ2n) is 4.53. The molecule has 0 saturated carbocycles. The molecule has 0 aliphatic carbocycles. The van der Waals surface area contributed by atoms with Crippen molar-refractivity contribution >= 4 is 15.9 Å². The van der Waals surface area contributed by atoms with Crippen molar-refractivity contribution in [2.75, 3.05) is 13.2 Å². The summed E-state index contributed by atoms with van der Waals surface area (Å²) in [5, 5.41) is 7.72. The van der Waals surface area contributed by atoms with Crippen molar-refractivity contribution in [3.8, 4) is 5.75 Å². The molecule has 0 spiro atoms. The van der Waals surface area contributed by atoms with E-state index in [4.69, 9.17) is 4.74 Å². The minimum atomic E-state index is 0.610. The van der Waals surface area contributed by atoms with Crippen LogP contribution in [-0.2, 0) is 13.1 Å². The van der Waals surface area contributed by atoms with E-state index in [0.29, 0.717) is 6.61 Å². The second kappa shape index (κ2) is 8.07. The number of hydrogen-bond acceptors (Lipinski definition) is 3. The van der Waals surface area contributed by atoms with Crippen LogP contribution in [0.3, 0.4) is 0 Å². The minimum Gasteiger partial charge on any atom is -0.492 e. The molecule has 0 fully saturated rings. The maximum atomic E-state index is 5.73. The number of nitrogens with one attached hydrogen (secondary N) is 1. The van der Waals surface area contributed by atoms with E-state index in [-0.39, 0.29) is 0 Å². The summed E-state index contributed by atoms with van der Waals surface area (Å²) in [5.41, 5.74) is 1.19. The van der Waals surface area contributed by atoms with Gasteiger partial charge in [-0.1, -0.05) is 28.9 Å². The third-order valence-electron chi connectivity index (χ3n) is 2.91. The van der Waals surface area contributed by atoms with E-state index in [1.165, 1.54) is 5.69 Å². The smallest absolute Gasteiger partial charge is 0.120 e. The molecule has 1 aromatic carbocycles. The Labute approximate surface area is 128 Å². The summed E-state index contributed by atoms with van der Waals surface area (Å²) in [6.07, 6.45) is 2.97. The summed E-state index contributed by atoms with van der Waals surface area (Å²) in [7, 11) is 0. The van der Waals surface area contributed by atoms with Gasteiger partial charge in [0.15, 0.2) is 0 Å². The first-order valence-corrected chi connectivity index (χ1v) is 7.68. The van der Waals surface area contributed by atoms with Crippen LogP contribution in [0.5, 0.6) is 5.75 Å². The van der Waals surface area contributed by atoms with Gasteiger partial charge in [0.2, 0.25) is 0 Å². The number of aromatic nitrogens is 2. The van der Waals surface area contributed by atoms with Gasteiger partial charge in [-0.3, -0.25) is 4.68 Å². The lowest BCUT2D eigenvalue weighted by Crippen LogP contribution is -2.19. The monoisotopic (exact) mass is 337 g/mol. The van der Waals surface area contributed by atoms with Crippen molar-refractivity contribution in [3.63, 3.8) is 0 Å². The van der Waals surface area contributed by atoms with E-state index in [1.807, 2.05) is 41.2 Å². The molecule has 2 aromatic rings. The minimum absolute atomic E-state index is 0.610. The molecule has 0 aliphatic rings. The van der Waals surface area contributed by atoms with Crippen LogP contribution in [0.2, 0.25) is 0 Å². The van der Waals surface area contributed by atoms with Gasteiger partial charge in [0, 0.05) is 17.2 Å². The average molecular weight is 338 g/mol. The molecule has 5 heteroatoms. The second-order valence-corrected chi connectivity index (χ2v) is 5.44. The van der Waals surface area contributed by atoms with E-state index in [9.17, 15) is 0 Å². The van der Waals surface area contributed by atoms with Crippen molar-refractivity contribution in [2.24, 2.45) is 0 Å². The molecule has 0 atom stereocenters. The van der Waals surface area contributed by atoms with Gasteiger partial charge in [-0.15, -0.1) is 0 Å². The summed E-state index contributed by atoms with van der Waals surface area (Å²) in [6.45, 7) is 5.40. The van der Waals surface area contributed by atoms with E-state index in [0.717, 1.165) is 36.3 Å². The van der Waals surface area contributed by atoms with Crippen LogP contribution in [0.15, 0.2) is 41.0 Å². The molecule has 2 rings (SSSR count). The molecule has 0 unspecified atom stereocenters. The molecule has 0 amide bonds. The highest BCUT2D eigenvalue weighted by molar-refractivity contribution is 9.10. The maximum Gasteiger partial charge on any atom is 0.120 e. The summed E-state index contributed by atoms with van der Waals surface area (Å²) in [4.78, 5) is 0. The lowest BCUT2D eigenvalue weighted by molar-refractivity contribution is 0.288. The third kappa shape index (κ3) is 4.65. The first-order chi connectivity index (χ1) is 9.79. The Kier molecular flexibility index (Phi) is 6.08. The summed E-state index contributed by atoms with van der Waals surface area (Å²) in [6, 6.07) is 9.91. The molecular formula is C15H20BrN3O. The zero-order valence-corrected chi connectivity index (χ0v) is 13.3. The van der Waals surface area contributed by atoms with Crippen molar-refractivity contribution in [1.82, 2.24) is 15.1 Å². The molecule has 4 nitrogen and oxygen atoms in total. The molecule has 1 N–H and O–H groups in total. The molecule has 108 valence electrons. The zero-order valence-electron chi connectivity index (χ0n) is 11.7. The predicted octanol–water partition coefficient (Wildman–Crippen LogP) is 3.22. The van der Waals surface area contributed by atoms with Gasteiger partial charge in [0.05, 0.1) is 12.2 Å². The Morgan fingerprint density at radius 1 is 1.35 bits per heavy atom. The fourth-order valence-corrected chi connectivity index (χ4v) is 2.29. The van der Waals surface area contributed by atoms with Gasteiger partial charge in [-0.2, -0.15) is 5.10 Å². The number of ether oxygens (including phenoxy) is 1. The van der Waals surface area contributed by atoms with Crippen LogP contribution < -0.4 is 10.1 Å². The molecule has 1 heterocycles. The van der Waals surface area contributed by atoms with Crippen LogP contribution in [0.4, 0.5) is 0 Å². The first-order valence-electron chi connectivity index (χ1n) is 6.89. The molecule has 0 bridgehead atoms. The van der Waals surface area contributed by atoms with Crippen molar-refractivity contribution in [2.45, 2.75) is 26.4 Å². The number of hydrogen-bond donors (Lipinski definition) is 1. The summed E-state index contributed by atoms with van der Waals surface area (Å²) >= 11 is 3.43. The third-order valence-corrected chi connectivity index (χ3v) is 3.40. The number of rotatable bonds is 8. The molecule has 0 radical (unpaired) electrons. The normalized spacial score (nSPS) is 10.7. The molecule has 1 aromatic heterocycles. The van der Waals surface area contributed by atoms with Crippen molar-refractivity contribution in [1.29, 1.82) is 0 Å². The summed E-state index contributed by atoms with van der Waals surface area (Å²) in [5.74, 6) is 0.872. The lowest BCUT2D eigenvalue weighted by Gasteiger charge is -2.10. The first kappa shape index (κ1) is 15.1. The standard InChI is InChI=1S/C15H20BrN3O/c1-2-7-17-12-14-6-8-18-19(14)9-10-20-15-5-3-4-13(16)11-15/h3-6,8,11,17H,2,7,9-10,12H2,1H3. The van der Waals surface area contributed by atoms with Gasteiger partial charge in [-0.25, -0.2) is 0 Å². The SMILES string of the molecule is CCCNCc1ccnn1CCOc1cccc(Br)c1. The quantitative estimate of drug-likeness (QED) is 0.751. The Morgan fingerprint density at radius 3 is 3.05 bits per heavy atom. The number of nitrogens with zero attached hydrogens (tertiary/aromatic N) is 2. The molecule has 0 saturated heterocycles. The van der Waals surface area contributed by atoms with Crippen LogP contribution in [0.1, 0.15) is 19.0 Å². The topological polar surface area (TPSA) is 39.1 Å². The van der Waals surface area contributed by atoms with Crippen molar-refractivity contribution in [3.05, 3.63) is 46.7 Å². The zero-order chi connectivity index (χ0) is 14.2. The van der Waals surface area contributed by atoms with Crippen LogP contribution in [0, 0.1) is 0 Å². The van der Waals surface area contributed by atoms with Gasteiger partial charge in [-0.05, 0) is 37.2 Å². The van der Waals surface area contributed by atoms with Crippen LogP contribution in [-0.4, -0.2) is 22.9 Å². The van der Waals surface area contributed by atoms with Gasteiger partial charge in [0.1, 0.15) is 12.4 Å². The highest BCUT2D eigenvalue weighted by Gasteiger charge is 2.02. The van der Waals surface area contributed by atoms with Crippen LogP contribution >= 0.6 is 15.9 Å². The molecular weight excluding hydrogens is 318 g/mol. The van der Waals surface area contributed by atoms with Gasteiger partial charge in [0.25, 0.3) is 0 Å². The fraction of sp³-hybridized carbons (Fsp3) is 0.400. The summed E-state index contributed by atoms with van der Waals surface area (Å²) < 4.78 is 8.74. The van der Waals surface area contributed by atoms with E-state index in [1.54, 1.807) is 0 Å². The number of halogens is 1. The largest absolute Gasteiger partial charge is 0.492 e. The molecule has 20 heavy (non-hydrogen) atoms. The van der Waals surface area contributed by atoms with Gasteiger partial charge < -0.3 is 10.1 Å². The Morgan fingerprint density at radius 2 is 2.25 bits per heavy atom. The lowest BCUT2D eigenvalue weighted by atomic mass is 10.3. The van der Waals surface area contributed by atoms with E-state index < -0.39 is 0 Å². The van der Waals surface area contributed by atoms with E-state index >= 15 is 0 Å². The van der Waals surface area contributed by atoms with Crippen molar-refractivity contribution < 1.29 is 4.74 Å². The average Bonchev–Trinajstić information content (AvgIpc) is 2.87. The highest BCUT2D eigenvalue weighted by atomic mass is 79.9. The Hall–Kier alpha value is -1.33. The number of benzene rings is 1. The molecule has 0 aliphatic heterocycles.